The first-order valence-corrected chi connectivity index (χ1v) is 7.83. The first kappa shape index (κ1) is 13.5. The maximum absolute atomic E-state index is 6.24. The molecule has 0 saturated heterocycles. The molecule has 91 valence electrons. The lowest BCUT2D eigenvalue weighted by atomic mass is 10.2. The second kappa shape index (κ2) is 5.83. The molecule has 2 rings (SSSR count). The highest BCUT2D eigenvalue weighted by atomic mass is 79.9. The van der Waals surface area contributed by atoms with Crippen LogP contribution in [0.25, 0.3) is 0 Å². The molecule has 0 N–H and O–H groups in total. The standard InChI is InChI=1S/C11H10BrCl2N2S/c1-2-10-15-16(6-17-10)11-7(5-12)3-8(13)4-9(11)14/h3-4H,1-2,5-6H2. The van der Waals surface area contributed by atoms with Crippen molar-refractivity contribution in [2.45, 2.75) is 11.8 Å². The average molecular weight is 353 g/mol. The van der Waals surface area contributed by atoms with E-state index in [9.17, 15) is 0 Å². The van der Waals surface area contributed by atoms with Gasteiger partial charge in [-0.3, -0.25) is 5.01 Å². The van der Waals surface area contributed by atoms with Gasteiger partial charge in [0, 0.05) is 10.4 Å². The Labute approximate surface area is 123 Å². The lowest BCUT2D eigenvalue weighted by molar-refractivity contribution is 0.996. The van der Waals surface area contributed by atoms with Crippen LogP contribution in [0.5, 0.6) is 0 Å². The molecule has 0 fully saturated rings. The molecule has 1 aliphatic heterocycles. The van der Waals surface area contributed by atoms with Crippen LogP contribution in [0.4, 0.5) is 5.69 Å². The number of hydrogen-bond acceptors (Lipinski definition) is 3. The third-order valence-corrected chi connectivity index (χ3v) is 4.41. The Kier molecular flexibility index (Phi) is 4.64. The van der Waals surface area contributed by atoms with Crippen LogP contribution >= 0.6 is 50.9 Å². The highest BCUT2D eigenvalue weighted by molar-refractivity contribution is 9.08. The molecule has 0 bridgehead atoms. The van der Waals surface area contributed by atoms with E-state index in [-0.39, 0.29) is 0 Å². The van der Waals surface area contributed by atoms with Gasteiger partial charge in [0.1, 0.15) is 0 Å². The van der Waals surface area contributed by atoms with Crippen LogP contribution in [-0.2, 0) is 5.33 Å². The second-order valence-corrected chi connectivity index (χ2v) is 5.87. The Bertz CT molecular complexity index is 465. The molecule has 1 aromatic rings. The summed E-state index contributed by atoms with van der Waals surface area (Å²) in [5.74, 6) is 0.770. The van der Waals surface area contributed by atoms with Crippen molar-refractivity contribution in [1.82, 2.24) is 0 Å². The van der Waals surface area contributed by atoms with E-state index in [1.807, 2.05) is 11.1 Å². The highest BCUT2D eigenvalue weighted by Gasteiger charge is 2.20. The molecular formula is C11H10BrCl2N2S. The van der Waals surface area contributed by atoms with Crippen molar-refractivity contribution >= 4 is 61.6 Å². The van der Waals surface area contributed by atoms with Gasteiger partial charge in [-0.2, -0.15) is 5.10 Å². The molecule has 0 aliphatic carbocycles. The van der Waals surface area contributed by atoms with Crippen molar-refractivity contribution in [2.24, 2.45) is 5.10 Å². The average Bonchev–Trinajstić information content (AvgIpc) is 2.76. The van der Waals surface area contributed by atoms with Gasteiger partial charge in [0.05, 0.1) is 21.6 Å². The number of anilines is 1. The normalized spacial score (nSPS) is 15.3. The lowest BCUT2D eigenvalue weighted by Crippen LogP contribution is -2.13. The number of nitrogens with zero attached hydrogens (tertiary/aromatic N) is 2. The molecule has 1 aliphatic rings. The van der Waals surface area contributed by atoms with E-state index in [4.69, 9.17) is 23.2 Å². The van der Waals surface area contributed by atoms with Crippen molar-refractivity contribution in [3.63, 3.8) is 0 Å². The Morgan fingerprint density at radius 2 is 2.24 bits per heavy atom. The van der Waals surface area contributed by atoms with Gasteiger partial charge in [0.2, 0.25) is 0 Å². The van der Waals surface area contributed by atoms with Gasteiger partial charge < -0.3 is 0 Å². The van der Waals surface area contributed by atoms with Crippen molar-refractivity contribution in [1.29, 1.82) is 0 Å². The van der Waals surface area contributed by atoms with Crippen LogP contribution in [-0.4, -0.2) is 10.9 Å². The number of hydrogen-bond donors (Lipinski definition) is 0. The Hall–Kier alpha value is 0.1000. The molecule has 0 aromatic heterocycles. The van der Waals surface area contributed by atoms with Gasteiger partial charge in [0.15, 0.2) is 0 Å². The largest absolute Gasteiger partial charge is 0.253 e. The van der Waals surface area contributed by atoms with Crippen molar-refractivity contribution in [3.8, 4) is 0 Å². The van der Waals surface area contributed by atoms with Crippen molar-refractivity contribution in [2.75, 3.05) is 10.9 Å². The Morgan fingerprint density at radius 1 is 1.47 bits per heavy atom. The zero-order valence-corrected chi connectivity index (χ0v) is 12.8. The zero-order valence-electron chi connectivity index (χ0n) is 8.92. The summed E-state index contributed by atoms with van der Waals surface area (Å²) in [4.78, 5) is 0. The summed E-state index contributed by atoms with van der Waals surface area (Å²) < 4.78 is 0. The van der Waals surface area contributed by atoms with E-state index in [0.717, 1.165) is 22.2 Å². The number of hydrazone groups is 1. The minimum absolute atomic E-state index is 0.626. The Morgan fingerprint density at radius 3 is 2.82 bits per heavy atom. The predicted molar refractivity (Wildman–Crippen MR) is 81.4 cm³/mol. The van der Waals surface area contributed by atoms with Gasteiger partial charge in [0.25, 0.3) is 0 Å². The van der Waals surface area contributed by atoms with Crippen LogP contribution in [0.2, 0.25) is 10.0 Å². The quantitative estimate of drug-likeness (QED) is 0.716. The summed E-state index contributed by atoms with van der Waals surface area (Å²) in [5, 5.41) is 9.37. The molecule has 1 radical (unpaired) electrons. The van der Waals surface area contributed by atoms with Gasteiger partial charge in [-0.05, 0) is 31.0 Å². The number of halogens is 3. The third kappa shape index (κ3) is 2.92. The fraction of sp³-hybridized carbons (Fsp3) is 0.273. The fourth-order valence-corrected chi connectivity index (χ4v) is 3.39. The molecule has 1 heterocycles. The van der Waals surface area contributed by atoms with Crippen LogP contribution in [0, 0.1) is 6.92 Å². The molecule has 0 spiro atoms. The molecule has 0 amide bonds. The zero-order chi connectivity index (χ0) is 12.4. The maximum atomic E-state index is 6.24. The van der Waals surface area contributed by atoms with Gasteiger partial charge in [-0.15, -0.1) is 0 Å². The van der Waals surface area contributed by atoms with E-state index in [1.165, 1.54) is 0 Å². The monoisotopic (exact) mass is 351 g/mol. The van der Waals surface area contributed by atoms with Crippen LogP contribution in [0.15, 0.2) is 17.2 Å². The number of alkyl halides is 1. The van der Waals surface area contributed by atoms with Gasteiger partial charge >= 0.3 is 0 Å². The minimum Gasteiger partial charge on any atom is -0.253 e. The van der Waals surface area contributed by atoms with Gasteiger partial charge in [-0.25, -0.2) is 0 Å². The summed E-state index contributed by atoms with van der Waals surface area (Å²) in [7, 11) is 0. The number of rotatable bonds is 3. The van der Waals surface area contributed by atoms with Crippen LogP contribution in [0.1, 0.15) is 12.0 Å². The van der Waals surface area contributed by atoms with Crippen molar-refractivity contribution < 1.29 is 0 Å². The smallest absolute Gasteiger partial charge is 0.0956 e. The summed E-state index contributed by atoms with van der Waals surface area (Å²) >= 11 is 17.4. The Balaban J connectivity index is 2.42. The van der Waals surface area contributed by atoms with E-state index < -0.39 is 0 Å². The molecular weight excluding hydrogens is 343 g/mol. The van der Waals surface area contributed by atoms with E-state index in [2.05, 4.69) is 28.0 Å². The topological polar surface area (TPSA) is 15.6 Å². The van der Waals surface area contributed by atoms with E-state index in [1.54, 1.807) is 17.8 Å². The summed E-state index contributed by atoms with van der Waals surface area (Å²) in [6.07, 6.45) is 0.704. The SMILES string of the molecule is [CH2]CC1=NN(c2c(Cl)cc(Cl)cc2CBr)CS1. The van der Waals surface area contributed by atoms with Gasteiger partial charge in [-0.1, -0.05) is 50.9 Å². The summed E-state index contributed by atoms with van der Waals surface area (Å²) in [6.45, 7) is 3.83. The van der Waals surface area contributed by atoms with E-state index in [0.29, 0.717) is 21.8 Å². The highest BCUT2D eigenvalue weighted by Crippen LogP contribution is 2.37. The molecule has 1 aromatic carbocycles. The van der Waals surface area contributed by atoms with Crippen LogP contribution < -0.4 is 5.01 Å². The molecule has 6 heteroatoms. The molecule has 0 unspecified atom stereocenters. The summed E-state index contributed by atoms with van der Waals surface area (Å²) in [5.41, 5.74) is 1.96. The second-order valence-electron chi connectivity index (χ2n) is 3.45. The molecule has 2 nitrogen and oxygen atoms in total. The lowest BCUT2D eigenvalue weighted by Gasteiger charge is -2.18. The maximum Gasteiger partial charge on any atom is 0.0956 e. The summed E-state index contributed by atoms with van der Waals surface area (Å²) in [6, 6.07) is 3.65. The molecule has 0 saturated carbocycles. The van der Waals surface area contributed by atoms with Crippen molar-refractivity contribution in [3.05, 3.63) is 34.7 Å². The minimum atomic E-state index is 0.626. The van der Waals surface area contributed by atoms with Crippen LogP contribution in [0.3, 0.4) is 0 Å². The fourth-order valence-electron chi connectivity index (χ4n) is 1.57. The number of thioether (sulfide) groups is 1. The molecule has 0 atom stereocenters. The number of benzene rings is 1. The van der Waals surface area contributed by atoms with E-state index >= 15 is 0 Å². The predicted octanol–water partition coefficient (Wildman–Crippen LogP) is 4.94. The third-order valence-electron chi connectivity index (χ3n) is 2.31. The first-order valence-electron chi connectivity index (χ1n) is 4.96. The first-order chi connectivity index (χ1) is 8.15. The molecule has 17 heavy (non-hydrogen) atoms.